The van der Waals surface area contributed by atoms with Crippen molar-refractivity contribution in [3.05, 3.63) is 45.5 Å². The van der Waals surface area contributed by atoms with Gasteiger partial charge in [0, 0.05) is 0 Å². The second-order valence-corrected chi connectivity index (χ2v) is 5.59. The van der Waals surface area contributed by atoms with Gasteiger partial charge in [-0.15, -0.1) is 5.10 Å². The zero-order valence-electron chi connectivity index (χ0n) is 11.6. The summed E-state index contributed by atoms with van der Waals surface area (Å²) in [6, 6.07) is 3.35. The first-order valence-corrected chi connectivity index (χ1v) is 7.28. The number of rotatable bonds is 4. The van der Waals surface area contributed by atoms with Crippen LogP contribution in [0.15, 0.2) is 18.2 Å². The number of benzene rings is 1. The van der Waals surface area contributed by atoms with E-state index in [1.165, 1.54) is 6.07 Å². The molecule has 2 aromatic rings. The van der Waals surface area contributed by atoms with Gasteiger partial charge in [-0.05, 0) is 48.1 Å². The Kier molecular flexibility index (Phi) is 4.63. The van der Waals surface area contributed by atoms with Crippen LogP contribution in [0, 0.1) is 6.92 Å². The molecule has 0 bridgehead atoms. The van der Waals surface area contributed by atoms with Gasteiger partial charge in [0.25, 0.3) is 0 Å². The largest absolute Gasteiger partial charge is 0.416 e. The molecule has 1 heterocycles. The Hall–Kier alpha value is -1.47. The number of aliphatic hydroxyl groups excluding tert-OH is 1. The van der Waals surface area contributed by atoms with Gasteiger partial charge in [-0.25, -0.2) is 0 Å². The molecule has 0 spiro atoms. The van der Waals surface area contributed by atoms with Crippen LogP contribution in [0.2, 0.25) is 0 Å². The van der Waals surface area contributed by atoms with Crippen molar-refractivity contribution >= 4 is 11.5 Å². The predicted molar refractivity (Wildman–Crippen MR) is 74.1 cm³/mol. The van der Waals surface area contributed by atoms with Crippen LogP contribution in [0.3, 0.4) is 0 Å². The summed E-state index contributed by atoms with van der Waals surface area (Å²) in [6.45, 7) is 3.54. The van der Waals surface area contributed by atoms with Gasteiger partial charge in [0.05, 0.1) is 16.1 Å². The lowest BCUT2D eigenvalue weighted by molar-refractivity contribution is -0.137. The van der Waals surface area contributed by atoms with Crippen molar-refractivity contribution < 1.29 is 18.3 Å². The minimum atomic E-state index is -4.38. The van der Waals surface area contributed by atoms with Gasteiger partial charge in [0.2, 0.25) is 0 Å². The zero-order chi connectivity index (χ0) is 15.6. The third-order valence-corrected chi connectivity index (χ3v) is 4.03. The second kappa shape index (κ2) is 6.11. The van der Waals surface area contributed by atoms with Gasteiger partial charge in [-0.2, -0.15) is 13.2 Å². The number of alkyl halides is 3. The van der Waals surface area contributed by atoms with E-state index in [9.17, 15) is 18.3 Å². The Morgan fingerprint density at radius 1 is 1.33 bits per heavy atom. The summed E-state index contributed by atoms with van der Waals surface area (Å²) in [5.41, 5.74) is 0.834. The molecule has 3 nitrogen and oxygen atoms in total. The molecular weight excluding hydrogens is 301 g/mol. The van der Waals surface area contributed by atoms with Crippen molar-refractivity contribution in [2.75, 3.05) is 0 Å². The van der Waals surface area contributed by atoms with E-state index in [0.717, 1.165) is 30.1 Å². The lowest BCUT2D eigenvalue weighted by Gasteiger charge is -2.15. The van der Waals surface area contributed by atoms with Crippen molar-refractivity contribution in [2.45, 2.75) is 39.0 Å². The van der Waals surface area contributed by atoms with Gasteiger partial charge < -0.3 is 5.11 Å². The highest BCUT2D eigenvalue weighted by Crippen LogP contribution is 2.34. The van der Waals surface area contributed by atoms with E-state index in [0.29, 0.717) is 28.1 Å². The normalized spacial score (nSPS) is 13.4. The number of nitrogens with zero attached hydrogens (tertiary/aromatic N) is 2. The number of aryl methyl sites for hydroxylation is 2. The van der Waals surface area contributed by atoms with E-state index in [4.69, 9.17) is 0 Å². The molecule has 2 rings (SSSR count). The van der Waals surface area contributed by atoms with Crippen molar-refractivity contribution in [2.24, 2.45) is 0 Å². The van der Waals surface area contributed by atoms with E-state index in [-0.39, 0.29) is 0 Å². The standard InChI is InChI=1S/C14H15F3N2OS/c1-3-4-11-13(21-19-18-11)12(20)10-6-5-9(7-8(10)2)14(15,16)17/h5-7,12,20H,3-4H2,1-2H3. The number of halogens is 3. The molecule has 0 saturated heterocycles. The summed E-state index contributed by atoms with van der Waals surface area (Å²) in [5, 5.41) is 14.4. The molecule has 1 aromatic heterocycles. The number of hydrogen-bond acceptors (Lipinski definition) is 4. The smallest absolute Gasteiger partial charge is 0.383 e. The van der Waals surface area contributed by atoms with Gasteiger partial charge in [0.1, 0.15) is 6.10 Å². The van der Waals surface area contributed by atoms with Crippen LogP contribution in [0.5, 0.6) is 0 Å². The van der Waals surface area contributed by atoms with Gasteiger partial charge in [-0.3, -0.25) is 0 Å². The summed E-state index contributed by atoms with van der Waals surface area (Å²) in [6.07, 6.45) is -3.83. The fraction of sp³-hybridized carbons (Fsp3) is 0.429. The summed E-state index contributed by atoms with van der Waals surface area (Å²) < 4.78 is 41.8. The van der Waals surface area contributed by atoms with Gasteiger partial charge >= 0.3 is 6.18 Å². The van der Waals surface area contributed by atoms with E-state index in [2.05, 4.69) is 9.59 Å². The SMILES string of the molecule is CCCc1nnsc1C(O)c1ccc(C(F)(F)F)cc1C. The molecule has 1 unspecified atom stereocenters. The topological polar surface area (TPSA) is 46.0 Å². The molecule has 0 amide bonds. The van der Waals surface area contributed by atoms with Crippen LogP contribution in [0.4, 0.5) is 13.2 Å². The maximum Gasteiger partial charge on any atom is 0.416 e. The minimum absolute atomic E-state index is 0.396. The van der Waals surface area contributed by atoms with Gasteiger partial charge in [0.15, 0.2) is 0 Å². The average Bonchev–Trinajstić information content (AvgIpc) is 2.85. The van der Waals surface area contributed by atoms with Crippen LogP contribution >= 0.6 is 11.5 Å². The molecule has 1 atom stereocenters. The van der Waals surface area contributed by atoms with E-state index < -0.39 is 17.8 Å². The second-order valence-electron chi connectivity index (χ2n) is 4.81. The highest BCUT2D eigenvalue weighted by Gasteiger charge is 2.31. The first-order valence-electron chi connectivity index (χ1n) is 6.51. The molecule has 0 saturated carbocycles. The molecule has 1 N–H and O–H groups in total. The average molecular weight is 316 g/mol. The lowest BCUT2D eigenvalue weighted by Crippen LogP contribution is -2.08. The van der Waals surface area contributed by atoms with E-state index >= 15 is 0 Å². The molecule has 21 heavy (non-hydrogen) atoms. The third kappa shape index (κ3) is 3.41. The van der Waals surface area contributed by atoms with Crippen molar-refractivity contribution in [3.63, 3.8) is 0 Å². The Bertz CT molecular complexity index is 625. The van der Waals surface area contributed by atoms with E-state index in [1.54, 1.807) is 6.92 Å². The summed E-state index contributed by atoms with van der Waals surface area (Å²) >= 11 is 1.08. The molecule has 0 fully saturated rings. The Balaban J connectivity index is 2.35. The predicted octanol–water partition coefficient (Wildman–Crippen LogP) is 3.90. The van der Waals surface area contributed by atoms with Crippen molar-refractivity contribution in [1.29, 1.82) is 0 Å². The van der Waals surface area contributed by atoms with Crippen molar-refractivity contribution in [1.82, 2.24) is 9.59 Å². The van der Waals surface area contributed by atoms with Crippen LogP contribution in [0.1, 0.15) is 46.7 Å². The number of hydrogen-bond donors (Lipinski definition) is 1. The lowest BCUT2D eigenvalue weighted by atomic mass is 9.98. The maximum atomic E-state index is 12.7. The van der Waals surface area contributed by atoms with E-state index in [1.807, 2.05) is 6.92 Å². The summed E-state index contributed by atoms with van der Waals surface area (Å²) in [5.74, 6) is 0. The van der Waals surface area contributed by atoms with Gasteiger partial charge in [-0.1, -0.05) is 23.9 Å². The fourth-order valence-corrected chi connectivity index (χ4v) is 2.84. The quantitative estimate of drug-likeness (QED) is 0.930. The Morgan fingerprint density at radius 2 is 2.05 bits per heavy atom. The molecule has 1 aromatic carbocycles. The van der Waals surface area contributed by atoms with Crippen LogP contribution < -0.4 is 0 Å². The molecule has 0 radical (unpaired) electrons. The van der Waals surface area contributed by atoms with Crippen LogP contribution in [-0.2, 0) is 12.6 Å². The Labute approximate surface area is 124 Å². The Morgan fingerprint density at radius 3 is 2.62 bits per heavy atom. The molecule has 7 heteroatoms. The monoisotopic (exact) mass is 316 g/mol. The molecule has 114 valence electrons. The fourth-order valence-electron chi connectivity index (χ4n) is 2.13. The highest BCUT2D eigenvalue weighted by molar-refractivity contribution is 7.05. The first-order chi connectivity index (χ1) is 9.84. The molecule has 0 aliphatic heterocycles. The number of aromatic nitrogens is 2. The molecule has 0 aliphatic carbocycles. The highest BCUT2D eigenvalue weighted by atomic mass is 32.1. The third-order valence-electron chi connectivity index (χ3n) is 3.21. The van der Waals surface area contributed by atoms with Crippen LogP contribution in [0.25, 0.3) is 0 Å². The minimum Gasteiger partial charge on any atom is -0.383 e. The summed E-state index contributed by atoms with van der Waals surface area (Å²) in [7, 11) is 0. The zero-order valence-corrected chi connectivity index (χ0v) is 12.4. The molecule has 0 aliphatic rings. The molecular formula is C14H15F3N2OS. The van der Waals surface area contributed by atoms with Crippen LogP contribution in [-0.4, -0.2) is 14.7 Å². The summed E-state index contributed by atoms with van der Waals surface area (Å²) in [4.78, 5) is 0.597. The maximum absolute atomic E-state index is 12.7. The number of aliphatic hydroxyl groups is 1. The first kappa shape index (κ1) is 15.9. The van der Waals surface area contributed by atoms with Crippen molar-refractivity contribution in [3.8, 4) is 0 Å².